The first-order chi connectivity index (χ1) is 6.15. The molecule has 1 rings (SSSR count). The van der Waals surface area contributed by atoms with Gasteiger partial charge < -0.3 is 10.5 Å². The van der Waals surface area contributed by atoms with Crippen molar-refractivity contribution in [2.24, 2.45) is 0 Å². The lowest BCUT2D eigenvalue weighted by Gasteiger charge is -2.09. The van der Waals surface area contributed by atoms with E-state index in [0.29, 0.717) is 22.8 Å². The Hall–Kier alpha value is -1.78. The molecule has 5 heteroatoms. The van der Waals surface area contributed by atoms with Gasteiger partial charge in [0.15, 0.2) is 0 Å². The molecule has 1 aromatic heterocycles. The monoisotopic (exact) mass is 180 g/mol. The molecule has 0 radical (unpaired) electrons. The highest BCUT2D eigenvalue weighted by Crippen LogP contribution is 2.04. The molecule has 1 aromatic rings. The molecule has 0 spiro atoms. The van der Waals surface area contributed by atoms with E-state index in [1.54, 1.807) is 19.1 Å². The molecule has 0 saturated heterocycles. The molecule has 5 nitrogen and oxygen atoms in total. The molecule has 1 heterocycles. The summed E-state index contributed by atoms with van der Waals surface area (Å²) in [7, 11) is 0. The second-order valence-electron chi connectivity index (χ2n) is 2.60. The SMILES string of the molecule is C=CCNc1cc(C)[n+]([O-])c(N)n1. The molecule has 0 aliphatic carbocycles. The van der Waals surface area contributed by atoms with Crippen molar-refractivity contribution in [3.8, 4) is 0 Å². The van der Waals surface area contributed by atoms with Crippen LogP contribution in [-0.2, 0) is 0 Å². The van der Waals surface area contributed by atoms with Crippen molar-refractivity contribution in [3.63, 3.8) is 0 Å². The smallest absolute Gasteiger partial charge is 0.392 e. The quantitative estimate of drug-likeness (QED) is 0.396. The fourth-order valence-corrected chi connectivity index (χ4v) is 0.906. The molecule has 0 aromatic carbocycles. The van der Waals surface area contributed by atoms with E-state index in [4.69, 9.17) is 5.73 Å². The minimum absolute atomic E-state index is 0.0495. The van der Waals surface area contributed by atoms with Gasteiger partial charge in [0.2, 0.25) is 5.82 Å². The fourth-order valence-electron chi connectivity index (χ4n) is 0.906. The number of hydrogen-bond donors (Lipinski definition) is 2. The van der Waals surface area contributed by atoms with Crippen LogP contribution in [0.4, 0.5) is 11.8 Å². The Balaban J connectivity index is 2.92. The molecular weight excluding hydrogens is 168 g/mol. The molecule has 13 heavy (non-hydrogen) atoms. The van der Waals surface area contributed by atoms with Crippen LogP contribution in [0.3, 0.4) is 0 Å². The van der Waals surface area contributed by atoms with Gasteiger partial charge in [-0.05, 0) is 6.92 Å². The van der Waals surface area contributed by atoms with Gasteiger partial charge >= 0.3 is 5.95 Å². The zero-order chi connectivity index (χ0) is 9.84. The van der Waals surface area contributed by atoms with Crippen LogP contribution in [0.1, 0.15) is 5.69 Å². The fraction of sp³-hybridized carbons (Fsp3) is 0.250. The number of nitrogens with zero attached hydrogens (tertiary/aromatic N) is 2. The number of hydrogen-bond acceptors (Lipinski definition) is 4. The molecule has 0 fully saturated rings. The Morgan fingerprint density at radius 1 is 1.85 bits per heavy atom. The van der Waals surface area contributed by atoms with E-state index < -0.39 is 0 Å². The number of nitrogens with one attached hydrogen (secondary N) is 1. The summed E-state index contributed by atoms with van der Waals surface area (Å²) in [6.45, 7) is 5.81. The van der Waals surface area contributed by atoms with Crippen molar-refractivity contribution in [3.05, 3.63) is 29.6 Å². The van der Waals surface area contributed by atoms with E-state index in [1.807, 2.05) is 0 Å². The lowest BCUT2D eigenvalue weighted by atomic mass is 10.4. The first kappa shape index (κ1) is 9.31. The summed E-state index contributed by atoms with van der Waals surface area (Å²) < 4.78 is 0.582. The number of anilines is 2. The predicted molar refractivity (Wildman–Crippen MR) is 51.0 cm³/mol. The van der Waals surface area contributed by atoms with Crippen LogP contribution in [0.2, 0.25) is 0 Å². The summed E-state index contributed by atoms with van der Waals surface area (Å²) in [5.74, 6) is 0.536. The maximum Gasteiger partial charge on any atom is 0.392 e. The minimum Gasteiger partial charge on any atom is -0.740 e. The van der Waals surface area contributed by atoms with Crippen molar-refractivity contribution in [1.82, 2.24) is 4.98 Å². The molecule has 0 aliphatic rings. The van der Waals surface area contributed by atoms with E-state index in [2.05, 4.69) is 16.9 Å². The second-order valence-corrected chi connectivity index (χ2v) is 2.60. The van der Waals surface area contributed by atoms with Gasteiger partial charge in [-0.15, -0.1) is 6.58 Å². The van der Waals surface area contributed by atoms with Crippen molar-refractivity contribution in [1.29, 1.82) is 0 Å². The van der Waals surface area contributed by atoms with Gasteiger partial charge in [-0.3, -0.25) is 5.73 Å². The highest BCUT2D eigenvalue weighted by atomic mass is 16.5. The van der Waals surface area contributed by atoms with Crippen LogP contribution in [0.15, 0.2) is 18.7 Å². The van der Waals surface area contributed by atoms with E-state index in [1.165, 1.54) is 0 Å². The number of aryl methyl sites for hydroxylation is 1. The average Bonchev–Trinajstić information content (AvgIpc) is 2.10. The maximum absolute atomic E-state index is 11.1. The predicted octanol–water partition coefficient (Wildman–Crippen LogP) is 0.204. The summed E-state index contributed by atoms with van der Waals surface area (Å²) in [5, 5.41) is 14.0. The van der Waals surface area contributed by atoms with Crippen molar-refractivity contribution in [2.75, 3.05) is 17.6 Å². The Morgan fingerprint density at radius 3 is 3.08 bits per heavy atom. The molecular formula is C8H12N4O. The standard InChI is InChI=1S/C8H12N4O/c1-3-4-10-7-5-6(2)12(13)8(9)11-7/h3,5H,1,4H2,2H3,(H3,9,10,11). The van der Waals surface area contributed by atoms with Crippen molar-refractivity contribution >= 4 is 11.8 Å². The third-order valence-electron chi connectivity index (χ3n) is 1.54. The number of rotatable bonds is 3. The first-order valence-electron chi connectivity index (χ1n) is 3.86. The number of nitrogens with two attached hydrogens (primary N) is 1. The van der Waals surface area contributed by atoms with Gasteiger partial charge in [-0.2, -0.15) is 0 Å². The van der Waals surface area contributed by atoms with Crippen LogP contribution in [0, 0.1) is 12.1 Å². The summed E-state index contributed by atoms with van der Waals surface area (Å²) in [4.78, 5) is 3.84. The summed E-state index contributed by atoms with van der Waals surface area (Å²) >= 11 is 0. The van der Waals surface area contributed by atoms with E-state index in [-0.39, 0.29) is 5.95 Å². The normalized spacial score (nSPS) is 9.62. The molecule has 0 saturated carbocycles. The zero-order valence-corrected chi connectivity index (χ0v) is 7.45. The van der Waals surface area contributed by atoms with Gasteiger partial charge in [0, 0.05) is 12.6 Å². The lowest BCUT2D eigenvalue weighted by Crippen LogP contribution is -2.35. The average molecular weight is 180 g/mol. The van der Waals surface area contributed by atoms with E-state index >= 15 is 0 Å². The van der Waals surface area contributed by atoms with Crippen LogP contribution in [0.5, 0.6) is 0 Å². The van der Waals surface area contributed by atoms with Gasteiger partial charge in [-0.1, -0.05) is 11.1 Å². The Labute approximate surface area is 76.5 Å². The van der Waals surface area contributed by atoms with Crippen molar-refractivity contribution < 1.29 is 4.73 Å². The molecule has 0 aliphatic heterocycles. The Bertz CT molecular complexity index is 301. The molecule has 0 amide bonds. The molecule has 0 atom stereocenters. The van der Waals surface area contributed by atoms with Gasteiger partial charge in [0.25, 0.3) is 0 Å². The Kier molecular flexibility index (Phi) is 2.69. The molecule has 3 N–H and O–H groups in total. The second kappa shape index (κ2) is 3.75. The highest BCUT2D eigenvalue weighted by molar-refractivity contribution is 5.37. The summed E-state index contributed by atoms with van der Waals surface area (Å²) in [6.07, 6.45) is 1.70. The van der Waals surface area contributed by atoms with Gasteiger partial charge in [0.05, 0.1) is 5.69 Å². The Morgan fingerprint density at radius 2 is 2.54 bits per heavy atom. The van der Waals surface area contributed by atoms with E-state index in [0.717, 1.165) is 0 Å². The molecule has 0 bridgehead atoms. The lowest BCUT2D eigenvalue weighted by molar-refractivity contribution is -0.599. The summed E-state index contributed by atoms with van der Waals surface area (Å²) in [5.41, 5.74) is 5.88. The number of aromatic nitrogens is 2. The maximum atomic E-state index is 11.1. The van der Waals surface area contributed by atoms with Crippen LogP contribution >= 0.6 is 0 Å². The van der Waals surface area contributed by atoms with Crippen LogP contribution in [-0.4, -0.2) is 11.5 Å². The third-order valence-corrected chi connectivity index (χ3v) is 1.54. The van der Waals surface area contributed by atoms with Crippen LogP contribution < -0.4 is 15.8 Å². The van der Waals surface area contributed by atoms with Gasteiger partial charge in [-0.25, -0.2) is 4.73 Å². The van der Waals surface area contributed by atoms with Crippen LogP contribution in [0.25, 0.3) is 0 Å². The zero-order valence-electron chi connectivity index (χ0n) is 7.45. The summed E-state index contributed by atoms with van der Waals surface area (Å²) in [6, 6.07) is 1.63. The topological polar surface area (TPSA) is 77.9 Å². The van der Waals surface area contributed by atoms with Gasteiger partial charge in [0.1, 0.15) is 0 Å². The largest absolute Gasteiger partial charge is 0.740 e. The minimum atomic E-state index is -0.0495. The van der Waals surface area contributed by atoms with Crippen molar-refractivity contribution in [2.45, 2.75) is 6.92 Å². The first-order valence-corrected chi connectivity index (χ1v) is 3.86. The molecule has 70 valence electrons. The highest BCUT2D eigenvalue weighted by Gasteiger charge is 2.06. The molecule has 0 unspecified atom stereocenters. The van der Waals surface area contributed by atoms with E-state index in [9.17, 15) is 5.21 Å². The third kappa shape index (κ3) is 2.08. The number of nitrogen functional groups attached to an aromatic ring is 1.